The number of fused-ring (bicyclic) bond motifs is 3. The number of rotatable bonds is 4. The molecule has 2 heterocycles. The average molecular weight is 452 g/mol. The largest absolute Gasteiger partial charge is 0.456 e. The maximum Gasteiger partial charge on any atom is 0.449 e. The Kier molecular flexibility index (Phi) is 5.06. The Hall–Kier alpha value is -4.80. The fourth-order valence-corrected chi connectivity index (χ4v) is 4.18. The van der Waals surface area contributed by atoms with Crippen LogP contribution in [0.3, 0.4) is 0 Å². The van der Waals surface area contributed by atoms with Crippen molar-refractivity contribution in [2.45, 2.75) is 0 Å². The molecule has 7 heteroatoms. The minimum atomic E-state index is -1.26. The molecule has 0 aliphatic heterocycles. The van der Waals surface area contributed by atoms with E-state index in [2.05, 4.69) is 0 Å². The van der Waals surface area contributed by atoms with E-state index in [9.17, 15) is 10.3 Å². The first-order valence-corrected chi connectivity index (χ1v) is 11.1. The molecule has 0 bridgehead atoms. The molecule has 6 nitrogen and oxygen atoms in total. The van der Waals surface area contributed by atoms with Gasteiger partial charge in [0.05, 0.1) is 0 Å². The molecule has 164 valence electrons. The van der Waals surface area contributed by atoms with Crippen LogP contribution in [0.25, 0.3) is 56.1 Å². The molecular weight excluding hydrogens is 435 g/mol. The van der Waals surface area contributed by atoms with Crippen molar-refractivity contribution < 1.29 is 9.44 Å². The van der Waals surface area contributed by atoms with Gasteiger partial charge >= 0.3 is 6.92 Å². The van der Waals surface area contributed by atoms with Crippen molar-refractivity contribution in [3.63, 3.8) is 0 Å². The van der Waals surface area contributed by atoms with Crippen LogP contribution >= 0.6 is 0 Å². The second-order valence-electron chi connectivity index (χ2n) is 8.11. The van der Waals surface area contributed by atoms with Crippen molar-refractivity contribution in [3.8, 4) is 40.1 Å². The van der Waals surface area contributed by atoms with Gasteiger partial charge in [-0.25, -0.2) is 20.2 Å². The van der Waals surface area contributed by atoms with Crippen LogP contribution in [0.1, 0.15) is 0 Å². The van der Waals surface area contributed by atoms with Crippen molar-refractivity contribution >= 4 is 34.3 Å². The van der Waals surface area contributed by atoms with Crippen LogP contribution in [0.4, 0.5) is 0 Å². The molecule has 0 spiro atoms. The van der Waals surface area contributed by atoms with E-state index in [0.29, 0.717) is 34.1 Å². The number of nitrogens with zero attached hydrogens (tertiary/aromatic N) is 4. The Morgan fingerprint density at radius 3 is 1.86 bits per heavy atom. The van der Waals surface area contributed by atoms with E-state index in [1.807, 2.05) is 97.0 Å². The van der Waals surface area contributed by atoms with E-state index >= 15 is 0 Å². The molecule has 0 amide bonds. The highest BCUT2D eigenvalue weighted by Gasteiger charge is 2.21. The molecule has 0 aliphatic carbocycles. The Morgan fingerprint density at radius 1 is 0.657 bits per heavy atom. The molecule has 35 heavy (non-hydrogen) atoms. The number of furan rings is 1. The van der Waals surface area contributed by atoms with Crippen molar-refractivity contribution in [3.05, 3.63) is 97.1 Å². The van der Waals surface area contributed by atoms with Gasteiger partial charge in [0.1, 0.15) is 11.2 Å². The lowest BCUT2D eigenvalue weighted by atomic mass is 9.63. The van der Waals surface area contributed by atoms with Crippen molar-refractivity contribution in [2.24, 2.45) is 0 Å². The normalized spacial score (nSPS) is 11.0. The summed E-state index contributed by atoms with van der Waals surface area (Å²) in [4.78, 5) is 14.3. The number of nitriles is 1. The molecule has 0 atom stereocenters. The molecule has 6 aromatic rings. The van der Waals surface area contributed by atoms with E-state index < -0.39 is 6.92 Å². The highest BCUT2D eigenvalue weighted by molar-refractivity contribution is 6.75. The summed E-state index contributed by atoms with van der Waals surface area (Å²) < 4.78 is 6.12. The fourth-order valence-electron chi connectivity index (χ4n) is 4.18. The summed E-state index contributed by atoms with van der Waals surface area (Å²) in [6.07, 6.45) is 0. The summed E-state index contributed by atoms with van der Waals surface area (Å²) >= 11 is 0. The third-order valence-corrected chi connectivity index (χ3v) is 5.90. The summed E-state index contributed by atoms with van der Waals surface area (Å²) in [5, 5.41) is 21.0. The van der Waals surface area contributed by atoms with Crippen molar-refractivity contribution in [1.82, 2.24) is 15.0 Å². The molecule has 0 aliphatic rings. The van der Waals surface area contributed by atoms with E-state index in [0.717, 1.165) is 27.5 Å². The molecular formula is C28H17BN4O2. The van der Waals surface area contributed by atoms with E-state index in [1.54, 1.807) is 6.07 Å². The predicted molar refractivity (Wildman–Crippen MR) is 137 cm³/mol. The first-order valence-electron chi connectivity index (χ1n) is 11.1. The molecule has 0 unspecified atom stereocenters. The van der Waals surface area contributed by atoms with E-state index in [-0.39, 0.29) is 0 Å². The molecule has 6 rings (SSSR count). The van der Waals surface area contributed by atoms with Gasteiger partial charge in [0.25, 0.3) is 0 Å². The Balaban J connectivity index is 1.54. The standard InChI is InChI=1S/C28H17BN4O2/c30-17-29(34)23-13-7-12-22-21-15-14-20(16-24(21)35-25(22)23)28-32-26(18-8-3-1-4-9-18)31-27(33-28)19-10-5-2-6-11-19/h1-16,34H. The quantitative estimate of drug-likeness (QED) is 0.377. The zero-order valence-corrected chi connectivity index (χ0v) is 18.5. The summed E-state index contributed by atoms with van der Waals surface area (Å²) in [6.45, 7) is -1.26. The van der Waals surface area contributed by atoms with Gasteiger partial charge < -0.3 is 9.44 Å². The molecule has 0 radical (unpaired) electrons. The molecule has 0 saturated carbocycles. The number of benzene rings is 4. The number of hydrogen-bond donors (Lipinski definition) is 1. The van der Waals surface area contributed by atoms with Crippen LogP contribution in [0.2, 0.25) is 0 Å². The number of para-hydroxylation sites is 1. The monoisotopic (exact) mass is 452 g/mol. The minimum absolute atomic E-state index is 0.445. The van der Waals surface area contributed by atoms with Gasteiger partial charge in [-0.3, -0.25) is 0 Å². The summed E-state index contributed by atoms with van der Waals surface area (Å²) in [7, 11) is 0. The first-order chi connectivity index (χ1) is 17.2. The zero-order chi connectivity index (χ0) is 23.8. The summed E-state index contributed by atoms with van der Waals surface area (Å²) in [5.74, 6) is 3.56. The van der Waals surface area contributed by atoms with Crippen LogP contribution in [-0.2, 0) is 0 Å². The third kappa shape index (κ3) is 3.72. The zero-order valence-electron chi connectivity index (χ0n) is 18.5. The second kappa shape index (κ2) is 8.52. The molecule has 2 aromatic heterocycles. The number of hydrogen-bond acceptors (Lipinski definition) is 6. The van der Waals surface area contributed by atoms with Crippen LogP contribution in [0.5, 0.6) is 0 Å². The van der Waals surface area contributed by atoms with Crippen molar-refractivity contribution in [1.29, 1.82) is 5.26 Å². The van der Waals surface area contributed by atoms with E-state index in [4.69, 9.17) is 19.4 Å². The topological polar surface area (TPSA) is 95.8 Å². The van der Waals surface area contributed by atoms with Gasteiger partial charge in [-0.1, -0.05) is 84.9 Å². The van der Waals surface area contributed by atoms with Gasteiger partial charge in [-0.2, -0.15) is 0 Å². The van der Waals surface area contributed by atoms with Crippen LogP contribution in [0, 0.1) is 11.2 Å². The number of aromatic nitrogens is 3. The van der Waals surface area contributed by atoms with Crippen LogP contribution in [-0.4, -0.2) is 26.9 Å². The predicted octanol–water partition coefficient (Wildman–Crippen LogP) is 5.03. The van der Waals surface area contributed by atoms with Crippen LogP contribution < -0.4 is 5.46 Å². The van der Waals surface area contributed by atoms with Gasteiger partial charge in [0.2, 0.25) is 0 Å². The smallest absolute Gasteiger partial charge is 0.449 e. The minimum Gasteiger partial charge on any atom is -0.456 e. The maximum atomic E-state index is 10.1. The SMILES string of the molecule is N#CB(O)c1cccc2c1oc1cc(-c3nc(-c4ccccc4)nc(-c4ccccc4)n3)ccc12. The van der Waals surface area contributed by atoms with Gasteiger partial charge in [-0.05, 0) is 12.1 Å². The fraction of sp³-hybridized carbons (Fsp3) is 0. The molecule has 4 aromatic carbocycles. The lowest BCUT2D eigenvalue weighted by Crippen LogP contribution is -2.28. The Bertz CT molecular complexity index is 1670. The van der Waals surface area contributed by atoms with Crippen molar-refractivity contribution in [2.75, 3.05) is 0 Å². The van der Waals surface area contributed by atoms with Gasteiger partial charge in [-0.15, -0.1) is 0 Å². The lowest BCUT2D eigenvalue weighted by molar-refractivity contribution is 0.599. The highest BCUT2D eigenvalue weighted by Crippen LogP contribution is 2.32. The maximum absolute atomic E-state index is 10.1. The third-order valence-electron chi connectivity index (χ3n) is 5.90. The highest BCUT2D eigenvalue weighted by atomic mass is 16.3. The Morgan fingerprint density at radius 2 is 1.26 bits per heavy atom. The van der Waals surface area contributed by atoms with Gasteiger partial charge in [0.15, 0.2) is 17.5 Å². The summed E-state index contributed by atoms with van der Waals surface area (Å²) in [5.41, 5.74) is 4.13. The molecule has 0 fully saturated rings. The van der Waals surface area contributed by atoms with Gasteiger partial charge in [0, 0.05) is 38.9 Å². The lowest BCUT2D eigenvalue weighted by Gasteiger charge is -2.08. The average Bonchev–Trinajstić information content (AvgIpc) is 3.31. The second-order valence-corrected chi connectivity index (χ2v) is 8.11. The molecule has 1 N–H and O–H groups in total. The molecule has 0 saturated heterocycles. The first kappa shape index (κ1) is 20.8. The summed E-state index contributed by atoms with van der Waals surface area (Å²) in [6, 6.07) is 30.8. The van der Waals surface area contributed by atoms with E-state index in [1.165, 1.54) is 0 Å². The van der Waals surface area contributed by atoms with Crippen LogP contribution in [0.15, 0.2) is 101 Å². The Labute approximate surface area is 201 Å².